The van der Waals surface area contributed by atoms with Crippen LogP contribution in [0.15, 0.2) is 79.7 Å². The summed E-state index contributed by atoms with van der Waals surface area (Å²) < 4.78 is 26.1. The zero-order chi connectivity index (χ0) is 19.4. The predicted octanol–water partition coefficient (Wildman–Crippen LogP) is 4.47. The number of para-hydroxylation sites is 1. The summed E-state index contributed by atoms with van der Waals surface area (Å²) in [5, 5.41) is 13.6. The van der Waals surface area contributed by atoms with Crippen LogP contribution in [0, 0.1) is 0 Å². The van der Waals surface area contributed by atoms with Crippen LogP contribution in [0.1, 0.15) is 0 Å². The maximum absolute atomic E-state index is 13.1. The number of sulfone groups is 1. The second-order valence-electron chi connectivity index (χ2n) is 5.41. The number of amides is 2. The number of rotatable bonds is 5. The van der Waals surface area contributed by atoms with Crippen LogP contribution < -0.4 is 10.6 Å². The number of carbonyl (C=O) groups excluding carboxylic acids is 1. The normalized spacial score (nSPS) is 18.3. The maximum atomic E-state index is 13.1. The summed E-state index contributed by atoms with van der Waals surface area (Å²) in [7, 11) is -3.91. The van der Waals surface area contributed by atoms with Gasteiger partial charge in [0.2, 0.25) is 11.1 Å². The van der Waals surface area contributed by atoms with E-state index >= 15 is 0 Å². The van der Waals surface area contributed by atoms with E-state index in [-0.39, 0.29) is 14.8 Å². The average molecular weight is 423 g/mol. The van der Waals surface area contributed by atoms with Crippen LogP contribution in [0.25, 0.3) is 0 Å². The number of nitrogens with zero attached hydrogens (tertiary/aromatic N) is 2. The fourth-order valence-corrected chi connectivity index (χ4v) is 4.95. The topological polar surface area (TPSA) is 106 Å². The molecule has 7 nitrogen and oxygen atoms in total. The summed E-state index contributed by atoms with van der Waals surface area (Å²) >= 11 is 6.98. The molecular formula is C17H15ClN4O3S2. The van der Waals surface area contributed by atoms with Crippen molar-refractivity contribution < 1.29 is 13.6 Å². The molecule has 0 radical (unpaired) electrons. The first kappa shape index (κ1) is 19.6. The molecule has 3 rings (SSSR count). The van der Waals surface area contributed by atoms with E-state index in [0.29, 0.717) is 10.7 Å². The predicted molar refractivity (Wildman–Crippen MR) is 106 cm³/mol. The zero-order valence-electron chi connectivity index (χ0n) is 14.1. The SMILES string of the molecule is CSC1=C([S+](=O)([O-])c2ccc(Cl)cc2)C(NC(=O)Nc2ccccc2)N=N1. The quantitative estimate of drug-likeness (QED) is 0.693. The van der Waals surface area contributed by atoms with Crippen molar-refractivity contribution in [2.24, 2.45) is 10.2 Å². The third kappa shape index (κ3) is 4.38. The number of azo groups is 1. The van der Waals surface area contributed by atoms with E-state index in [9.17, 15) is 13.6 Å². The van der Waals surface area contributed by atoms with Crippen molar-refractivity contribution in [2.45, 2.75) is 11.1 Å². The van der Waals surface area contributed by atoms with Crippen LogP contribution >= 0.6 is 23.4 Å². The molecule has 0 saturated heterocycles. The summed E-state index contributed by atoms with van der Waals surface area (Å²) in [6, 6.07) is 14.0. The molecule has 27 heavy (non-hydrogen) atoms. The van der Waals surface area contributed by atoms with Crippen LogP contribution in [0.3, 0.4) is 0 Å². The fraction of sp³-hybridized carbons (Fsp3) is 0.118. The molecule has 0 fully saturated rings. The number of halogens is 1. The standard InChI is InChI=1S/C17H15ClN4O3S2/c1-26-16-14(27(24,25)13-9-7-11(18)8-10-13)15(21-22-16)20-17(23)19-12-5-3-2-4-6-12/h2-10,15H,1H3,(H2-,19,20,23,24,25). The van der Waals surface area contributed by atoms with Gasteiger partial charge in [0.1, 0.15) is 10.2 Å². The number of nitrogens with one attached hydrogen (secondary N) is 2. The number of hydrogen-bond acceptors (Lipinski definition) is 6. The van der Waals surface area contributed by atoms with Crippen LogP contribution in [0.5, 0.6) is 0 Å². The van der Waals surface area contributed by atoms with Gasteiger partial charge >= 0.3 is 6.03 Å². The average Bonchev–Trinajstić information content (AvgIpc) is 3.06. The van der Waals surface area contributed by atoms with Crippen LogP contribution in [-0.4, -0.2) is 23.0 Å². The summed E-state index contributed by atoms with van der Waals surface area (Å²) in [6.07, 6.45) is 0.579. The lowest BCUT2D eigenvalue weighted by Gasteiger charge is -2.20. The Morgan fingerprint density at radius 3 is 2.48 bits per heavy atom. The second-order valence-corrected chi connectivity index (χ2v) is 8.56. The van der Waals surface area contributed by atoms with E-state index in [0.717, 1.165) is 11.8 Å². The lowest BCUT2D eigenvalue weighted by Crippen LogP contribution is -2.40. The largest absolute Gasteiger partial charge is 0.605 e. The number of urea groups is 1. The lowest BCUT2D eigenvalue weighted by atomic mass is 10.3. The molecule has 2 atom stereocenters. The van der Waals surface area contributed by atoms with E-state index in [4.69, 9.17) is 11.6 Å². The van der Waals surface area contributed by atoms with E-state index < -0.39 is 22.4 Å². The summed E-state index contributed by atoms with van der Waals surface area (Å²) in [5.74, 6) is 0. The highest BCUT2D eigenvalue weighted by Crippen LogP contribution is 2.38. The van der Waals surface area contributed by atoms with Gasteiger partial charge in [-0.15, -0.1) is 16.9 Å². The van der Waals surface area contributed by atoms with Crippen molar-refractivity contribution in [3.63, 3.8) is 0 Å². The first-order valence-electron chi connectivity index (χ1n) is 7.74. The van der Waals surface area contributed by atoms with Gasteiger partial charge in [0, 0.05) is 10.7 Å². The van der Waals surface area contributed by atoms with Gasteiger partial charge in [0.05, 0.1) is 0 Å². The summed E-state index contributed by atoms with van der Waals surface area (Å²) in [5.41, 5.74) is 0.570. The van der Waals surface area contributed by atoms with Crippen LogP contribution in [-0.2, 0) is 14.4 Å². The first-order chi connectivity index (χ1) is 12.9. The van der Waals surface area contributed by atoms with Gasteiger partial charge < -0.3 is 15.2 Å². The molecule has 2 aromatic rings. The lowest BCUT2D eigenvalue weighted by molar-refractivity contribution is 0.250. The third-order valence-corrected chi connectivity index (χ3v) is 6.59. The molecule has 0 spiro atoms. The molecule has 1 aliphatic heterocycles. The van der Waals surface area contributed by atoms with Crippen molar-refractivity contribution in [2.75, 3.05) is 11.6 Å². The van der Waals surface area contributed by atoms with Crippen LogP contribution in [0.4, 0.5) is 10.5 Å². The minimum Gasteiger partial charge on any atom is -0.605 e. The van der Waals surface area contributed by atoms with Gasteiger partial charge in [-0.25, -0.2) is 4.79 Å². The molecule has 0 bridgehead atoms. The molecule has 1 heterocycles. The first-order valence-corrected chi connectivity index (χ1v) is 10.8. The van der Waals surface area contributed by atoms with Gasteiger partial charge in [0.15, 0.2) is 9.92 Å². The number of benzene rings is 2. The minimum absolute atomic E-state index is 0.0519. The molecule has 1 aliphatic rings. The molecule has 2 amide bonds. The van der Waals surface area contributed by atoms with Gasteiger partial charge in [0.25, 0.3) is 0 Å². The van der Waals surface area contributed by atoms with Gasteiger partial charge in [-0.3, -0.25) is 0 Å². The summed E-state index contributed by atoms with van der Waals surface area (Å²) in [4.78, 5) is 12.2. The molecule has 0 aliphatic carbocycles. The Balaban J connectivity index is 1.84. The Kier molecular flexibility index (Phi) is 5.95. The highest BCUT2D eigenvalue weighted by Gasteiger charge is 2.41. The fourth-order valence-electron chi connectivity index (χ4n) is 2.38. The molecule has 140 valence electrons. The van der Waals surface area contributed by atoms with Crippen molar-refractivity contribution in [3.05, 3.63) is 69.6 Å². The van der Waals surface area contributed by atoms with E-state index in [1.165, 1.54) is 24.3 Å². The maximum Gasteiger partial charge on any atom is 0.321 e. The molecule has 10 heteroatoms. The van der Waals surface area contributed by atoms with E-state index in [1.54, 1.807) is 30.5 Å². The van der Waals surface area contributed by atoms with E-state index in [1.807, 2.05) is 6.07 Å². The zero-order valence-corrected chi connectivity index (χ0v) is 16.5. The summed E-state index contributed by atoms with van der Waals surface area (Å²) in [6.45, 7) is 0. The Hall–Kier alpha value is -2.20. The molecule has 2 aromatic carbocycles. The van der Waals surface area contributed by atoms with Crippen molar-refractivity contribution in [1.82, 2.24) is 5.32 Å². The number of anilines is 1. The number of carbonyl (C=O) groups is 1. The Morgan fingerprint density at radius 1 is 1.19 bits per heavy atom. The molecule has 2 unspecified atom stereocenters. The Bertz CT molecular complexity index is 948. The number of hydrogen-bond donors (Lipinski definition) is 2. The highest BCUT2D eigenvalue weighted by molar-refractivity contribution is 8.05. The van der Waals surface area contributed by atoms with Crippen molar-refractivity contribution >= 4 is 45.3 Å². The van der Waals surface area contributed by atoms with Crippen molar-refractivity contribution in [3.8, 4) is 0 Å². The Labute approximate surface area is 166 Å². The smallest absolute Gasteiger partial charge is 0.321 e. The molecular weight excluding hydrogens is 408 g/mol. The highest BCUT2D eigenvalue weighted by atomic mass is 35.5. The molecule has 0 saturated carbocycles. The Morgan fingerprint density at radius 2 is 1.85 bits per heavy atom. The van der Waals surface area contributed by atoms with Gasteiger partial charge in [-0.1, -0.05) is 34.0 Å². The third-order valence-electron chi connectivity index (χ3n) is 3.63. The number of thioether (sulfide) groups is 1. The van der Waals surface area contributed by atoms with Crippen LogP contribution in [0.2, 0.25) is 5.02 Å². The molecule has 2 N–H and O–H groups in total. The van der Waals surface area contributed by atoms with Gasteiger partial charge in [-0.05, 0) is 42.7 Å². The minimum atomic E-state index is -3.91. The van der Waals surface area contributed by atoms with Gasteiger partial charge in [-0.2, -0.15) is 5.11 Å². The van der Waals surface area contributed by atoms with E-state index in [2.05, 4.69) is 20.9 Å². The second kappa shape index (κ2) is 8.22. The molecule has 0 aromatic heterocycles. The van der Waals surface area contributed by atoms with Crippen molar-refractivity contribution in [1.29, 1.82) is 0 Å². The monoisotopic (exact) mass is 422 g/mol.